The summed E-state index contributed by atoms with van der Waals surface area (Å²) in [5, 5.41) is 4.57. The van der Waals surface area contributed by atoms with Crippen LogP contribution in [-0.2, 0) is 6.42 Å². The highest BCUT2D eigenvalue weighted by Gasteiger charge is 2.10. The van der Waals surface area contributed by atoms with E-state index in [1.807, 2.05) is 24.3 Å². The van der Waals surface area contributed by atoms with Gasteiger partial charge in [-0.15, -0.1) is 0 Å². The van der Waals surface area contributed by atoms with Crippen LogP contribution < -0.4 is 5.73 Å². The van der Waals surface area contributed by atoms with Crippen molar-refractivity contribution in [1.29, 1.82) is 0 Å². The molecule has 2 aromatic rings. The molecule has 0 spiro atoms. The normalized spacial score (nSPS) is 12.7. The van der Waals surface area contributed by atoms with Crippen molar-refractivity contribution in [3.8, 4) is 0 Å². The van der Waals surface area contributed by atoms with Crippen LogP contribution in [0.2, 0.25) is 5.02 Å². The van der Waals surface area contributed by atoms with Gasteiger partial charge >= 0.3 is 0 Å². The minimum absolute atomic E-state index is 0.230. The molecule has 1 aromatic heterocycles. The lowest BCUT2D eigenvalue weighted by molar-refractivity contribution is 0.358. The highest BCUT2D eigenvalue weighted by atomic mass is 35.5. The molecule has 16 heavy (non-hydrogen) atoms. The molecule has 5 heteroatoms. The maximum atomic E-state index is 5.79. The first kappa shape index (κ1) is 11.1. The van der Waals surface area contributed by atoms with E-state index >= 15 is 0 Å². The fourth-order valence-electron chi connectivity index (χ4n) is 1.31. The second-order valence-corrected chi connectivity index (χ2v) is 4.08. The first-order valence-electron chi connectivity index (χ1n) is 4.97. The third-order valence-electron chi connectivity index (χ3n) is 2.15. The van der Waals surface area contributed by atoms with Crippen LogP contribution in [0.1, 0.15) is 30.2 Å². The Hall–Kier alpha value is -1.39. The Bertz CT molecular complexity index is 464. The molecule has 0 aliphatic rings. The van der Waals surface area contributed by atoms with E-state index in [1.54, 1.807) is 6.92 Å². The van der Waals surface area contributed by atoms with Gasteiger partial charge in [-0.1, -0.05) is 28.9 Å². The number of benzene rings is 1. The predicted molar refractivity (Wildman–Crippen MR) is 61.2 cm³/mol. The summed E-state index contributed by atoms with van der Waals surface area (Å²) in [5.41, 5.74) is 6.71. The zero-order chi connectivity index (χ0) is 11.5. The Balaban J connectivity index is 2.11. The summed E-state index contributed by atoms with van der Waals surface area (Å²) in [6.07, 6.45) is 0.618. The van der Waals surface area contributed by atoms with Gasteiger partial charge in [0.2, 0.25) is 5.89 Å². The third-order valence-corrected chi connectivity index (χ3v) is 2.40. The first-order chi connectivity index (χ1) is 7.65. The number of hydrogen-bond acceptors (Lipinski definition) is 4. The van der Waals surface area contributed by atoms with Gasteiger partial charge in [0, 0.05) is 11.4 Å². The molecule has 0 amide bonds. The fraction of sp³-hybridized carbons (Fsp3) is 0.273. The number of hydrogen-bond donors (Lipinski definition) is 1. The highest BCUT2D eigenvalue weighted by molar-refractivity contribution is 6.30. The van der Waals surface area contributed by atoms with E-state index in [1.165, 1.54) is 0 Å². The molecule has 2 rings (SSSR count). The largest absolute Gasteiger partial charge is 0.338 e. The van der Waals surface area contributed by atoms with Crippen LogP contribution in [0.15, 0.2) is 28.8 Å². The Labute approximate surface area is 98.4 Å². The Morgan fingerprint density at radius 1 is 1.38 bits per heavy atom. The zero-order valence-corrected chi connectivity index (χ0v) is 9.61. The molecule has 0 saturated heterocycles. The lowest BCUT2D eigenvalue weighted by Gasteiger charge is -1.96. The van der Waals surface area contributed by atoms with Gasteiger partial charge in [0.05, 0.1) is 6.04 Å². The van der Waals surface area contributed by atoms with Crippen LogP contribution in [0.3, 0.4) is 0 Å². The van der Waals surface area contributed by atoms with E-state index in [0.717, 1.165) is 5.56 Å². The average Bonchev–Trinajstić information content (AvgIpc) is 2.70. The summed E-state index contributed by atoms with van der Waals surface area (Å²) in [5.74, 6) is 1.10. The summed E-state index contributed by atoms with van der Waals surface area (Å²) < 4.78 is 5.01. The minimum atomic E-state index is -0.230. The first-order valence-corrected chi connectivity index (χ1v) is 5.35. The average molecular weight is 238 g/mol. The van der Waals surface area contributed by atoms with Crippen LogP contribution >= 0.6 is 11.6 Å². The Kier molecular flexibility index (Phi) is 3.22. The van der Waals surface area contributed by atoms with E-state index in [4.69, 9.17) is 21.9 Å². The molecule has 2 N–H and O–H groups in total. The van der Waals surface area contributed by atoms with Crippen LogP contribution in [0.4, 0.5) is 0 Å². The van der Waals surface area contributed by atoms with Gasteiger partial charge in [0.1, 0.15) is 0 Å². The van der Waals surface area contributed by atoms with Gasteiger partial charge in [-0.25, -0.2) is 0 Å². The second-order valence-electron chi connectivity index (χ2n) is 3.64. The number of halogens is 1. The van der Waals surface area contributed by atoms with Crippen molar-refractivity contribution in [2.75, 3.05) is 0 Å². The summed E-state index contributed by atoms with van der Waals surface area (Å²) in [4.78, 5) is 4.19. The monoisotopic (exact) mass is 237 g/mol. The smallest absolute Gasteiger partial charge is 0.243 e. The molecule has 1 heterocycles. The third kappa shape index (κ3) is 2.59. The molecule has 1 unspecified atom stereocenters. The maximum absolute atomic E-state index is 5.79. The van der Waals surface area contributed by atoms with Gasteiger partial charge in [-0.2, -0.15) is 4.98 Å². The molecule has 0 aliphatic heterocycles. The van der Waals surface area contributed by atoms with Crippen molar-refractivity contribution in [2.24, 2.45) is 5.73 Å². The van der Waals surface area contributed by atoms with Crippen molar-refractivity contribution in [3.63, 3.8) is 0 Å². The molecule has 84 valence electrons. The lowest BCUT2D eigenvalue weighted by atomic mass is 10.1. The van der Waals surface area contributed by atoms with Crippen molar-refractivity contribution < 1.29 is 4.52 Å². The summed E-state index contributed by atoms with van der Waals surface area (Å²) in [7, 11) is 0. The van der Waals surface area contributed by atoms with Gasteiger partial charge < -0.3 is 10.3 Å². The molecule has 0 fully saturated rings. The molecular formula is C11H12ClN3O. The van der Waals surface area contributed by atoms with Crippen LogP contribution in [0, 0.1) is 0 Å². The van der Waals surface area contributed by atoms with Crippen LogP contribution in [0.5, 0.6) is 0 Å². The predicted octanol–water partition coefficient (Wildman–Crippen LogP) is 2.33. The molecule has 0 bridgehead atoms. The van der Waals surface area contributed by atoms with Crippen molar-refractivity contribution in [3.05, 3.63) is 46.6 Å². The number of aromatic nitrogens is 2. The second kappa shape index (κ2) is 4.63. The fourth-order valence-corrected chi connectivity index (χ4v) is 1.44. The lowest BCUT2D eigenvalue weighted by Crippen LogP contribution is -2.05. The van der Waals surface area contributed by atoms with E-state index in [9.17, 15) is 0 Å². The van der Waals surface area contributed by atoms with Crippen LogP contribution in [-0.4, -0.2) is 10.1 Å². The molecule has 0 aliphatic carbocycles. The zero-order valence-electron chi connectivity index (χ0n) is 8.85. The van der Waals surface area contributed by atoms with Crippen molar-refractivity contribution in [2.45, 2.75) is 19.4 Å². The highest BCUT2D eigenvalue weighted by Crippen LogP contribution is 2.13. The van der Waals surface area contributed by atoms with Crippen molar-refractivity contribution in [1.82, 2.24) is 10.1 Å². The summed E-state index contributed by atoms with van der Waals surface area (Å²) in [6.45, 7) is 1.81. The summed E-state index contributed by atoms with van der Waals surface area (Å²) >= 11 is 5.79. The van der Waals surface area contributed by atoms with E-state index in [-0.39, 0.29) is 6.04 Å². The molecule has 1 aromatic carbocycles. The van der Waals surface area contributed by atoms with Gasteiger partial charge in [-0.05, 0) is 24.6 Å². The van der Waals surface area contributed by atoms with Gasteiger partial charge in [0.25, 0.3) is 0 Å². The van der Waals surface area contributed by atoms with Crippen LogP contribution in [0.25, 0.3) is 0 Å². The standard InChI is InChI=1S/C11H12ClN3O/c1-7(13)11-14-10(15-16-11)6-8-2-4-9(12)5-3-8/h2-5,7H,6,13H2,1H3. The summed E-state index contributed by atoms with van der Waals surface area (Å²) in [6, 6.07) is 7.31. The Morgan fingerprint density at radius 3 is 2.62 bits per heavy atom. The molecule has 1 atom stereocenters. The SMILES string of the molecule is CC(N)c1nc(Cc2ccc(Cl)cc2)no1. The maximum Gasteiger partial charge on any atom is 0.243 e. The Morgan fingerprint density at radius 2 is 2.06 bits per heavy atom. The minimum Gasteiger partial charge on any atom is -0.338 e. The topological polar surface area (TPSA) is 64.9 Å². The number of nitrogens with zero attached hydrogens (tertiary/aromatic N) is 2. The molecular weight excluding hydrogens is 226 g/mol. The number of nitrogens with two attached hydrogens (primary N) is 1. The quantitative estimate of drug-likeness (QED) is 0.890. The molecule has 4 nitrogen and oxygen atoms in total. The van der Waals surface area contributed by atoms with Gasteiger partial charge in [0.15, 0.2) is 5.82 Å². The van der Waals surface area contributed by atoms with E-state index in [0.29, 0.717) is 23.2 Å². The van der Waals surface area contributed by atoms with E-state index < -0.39 is 0 Å². The van der Waals surface area contributed by atoms with Gasteiger partial charge in [-0.3, -0.25) is 0 Å². The molecule has 0 radical (unpaired) electrons. The number of rotatable bonds is 3. The molecule has 0 saturated carbocycles. The van der Waals surface area contributed by atoms with E-state index in [2.05, 4.69) is 10.1 Å². The van der Waals surface area contributed by atoms with Crippen molar-refractivity contribution >= 4 is 11.6 Å².